The Hall–Kier alpha value is -1.85. The highest BCUT2D eigenvalue weighted by molar-refractivity contribution is 7.12. The van der Waals surface area contributed by atoms with E-state index < -0.39 is 0 Å². The second-order valence-electron chi connectivity index (χ2n) is 3.89. The minimum Gasteiger partial charge on any atom is -0.399 e. The summed E-state index contributed by atoms with van der Waals surface area (Å²) in [5, 5.41) is 9.26. The normalized spacial score (nSPS) is 11.2. The molecule has 1 aromatic carbocycles. The Labute approximate surface area is 126 Å². The van der Waals surface area contributed by atoms with Gasteiger partial charge in [-0.2, -0.15) is 0 Å². The molecule has 1 aromatic heterocycles. The van der Waals surface area contributed by atoms with Gasteiger partial charge in [0.1, 0.15) is 12.8 Å². The van der Waals surface area contributed by atoms with Crippen LogP contribution in [-0.4, -0.2) is 25.3 Å². The zero-order valence-corrected chi connectivity index (χ0v) is 12.4. The molecule has 0 radical (unpaired) electrons. The number of thiophene rings is 1. The zero-order valence-electron chi connectivity index (χ0n) is 10.8. The molecule has 2 aromatic rings. The molecule has 1 amide bonds. The molecule has 0 aliphatic rings. The van der Waals surface area contributed by atoms with Crippen molar-refractivity contribution in [3.8, 4) is 0 Å². The van der Waals surface area contributed by atoms with E-state index >= 15 is 0 Å². The number of hydrogen-bond donors (Lipinski definition) is 1. The van der Waals surface area contributed by atoms with Gasteiger partial charge in [-0.15, -0.1) is 11.3 Å². The predicted octanol–water partition coefficient (Wildman–Crippen LogP) is 3.18. The fraction of sp³-hybridized carbons (Fsp3) is 0.143. The van der Waals surface area contributed by atoms with Crippen molar-refractivity contribution < 1.29 is 9.63 Å². The molecule has 0 aliphatic carbocycles. The maximum Gasteiger partial charge on any atom is 0.261 e. The van der Waals surface area contributed by atoms with Crippen LogP contribution < -0.4 is 5.32 Å². The van der Waals surface area contributed by atoms with Crippen LogP contribution in [-0.2, 0) is 4.84 Å². The third-order valence-electron chi connectivity index (χ3n) is 2.54. The number of halogens is 1. The topological polar surface area (TPSA) is 50.7 Å². The molecule has 6 heteroatoms. The SMILES string of the molecule is CO/N=C(/CNC(=O)c1cccs1)c1ccc(Cl)cc1. The van der Waals surface area contributed by atoms with E-state index in [0.29, 0.717) is 15.6 Å². The second-order valence-corrected chi connectivity index (χ2v) is 5.27. The maximum atomic E-state index is 11.9. The summed E-state index contributed by atoms with van der Waals surface area (Å²) in [6.45, 7) is 0.284. The largest absolute Gasteiger partial charge is 0.399 e. The molecule has 0 saturated heterocycles. The number of carbonyl (C=O) groups excluding carboxylic acids is 1. The van der Waals surface area contributed by atoms with Gasteiger partial charge in [-0.1, -0.05) is 35.0 Å². The Bertz CT molecular complexity index is 594. The summed E-state index contributed by atoms with van der Waals surface area (Å²) in [5.41, 5.74) is 1.48. The molecule has 2 rings (SSSR count). The van der Waals surface area contributed by atoms with Crippen molar-refractivity contribution in [3.63, 3.8) is 0 Å². The van der Waals surface area contributed by atoms with Crippen LogP contribution in [0.4, 0.5) is 0 Å². The molecule has 0 aliphatic heterocycles. The fourth-order valence-corrected chi connectivity index (χ4v) is 2.36. The van der Waals surface area contributed by atoms with E-state index in [1.54, 1.807) is 18.2 Å². The fourth-order valence-electron chi connectivity index (χ4n) is 1.60. The van der Waals surface area contributed by atoms with Crippen molar-refractivity contribution in [1.29, 1.82) is 0 Å². The van der Waals surface area contributed by atoms with E-state index in [1.165, 1.54) is 18.4 Å². The number of rotatable bonds is 5. The van der Waals surface area contributed by atoms with Gasteiger partial charge in [-0.25, -0.2) is 0 Å². The molecule has 1 N–H and O–H groups in total. The van der Waals surface area contributed by atoms with Gasteiger partial charge < -0.3 is 10.2 Å². The lowest BCUT2D eigenvalue weighted by atomic mass is 10.1. The monoisotopic (exact) mass is 308 g/mol. The molecule has 104 valence electrons. The van der Waals surface area contributed by atoms with Crippen molar-refractivity contribution in [2.45, 2.75) is 0 Å². The lowest BCUT2D eigenvalue weighted by molar-refractivity contribution is 0.0963. The molecule has 0 fully saturated rings. The number of hydrogen-bond acceptors (Lipinski definition) is 4. The Morgan fingerprint density at radius 3 is 2.70 bits per heavy atom. The van der Waals surface area contributed by atoms with Crippen LogP contribution in [0.5, 0.6) is 0 Å². The van der Waals surface area contributed by atoms with Gasteiger partial charge in [0, 0.05) is 10.6 Å². The van der Waals surface area contributed by atoms with Crippen LogP contribution in [0.15, 0.2) is 46.9 Å². The average molecular weight is 309 g/mol. The average Bonchev–Trinajstić information content (AvgIpc) is 2.98. The first kappa shape index (κ1) is 14.6. The van der Waals surface area contributed by atoms with Crippen molar-refractivity contribution in [1.82, 2.24) is 5.32 Å². The first-order valence-corrected chi connectivity index (χ1v) is 7.14. The van der Waals surface area contributed by atoms with Gasteiger partial charge in [-0.05, 0) is 23.6 Å². The summed E-state index contributed by atoms with van der Waals surface area (Å²) in [5.74, 6) is -0.127. The molecule has 0 saturated carbocycles. The molecular weight excluding hydrogens is 296 g/mol. The summed E-state index contributed by atoms with van der Waals surface area (Å²) in [7, 11) is 1.47. The summed E-state index contributed by atoms with van der Waals surface area (Å²) in [6, 6.07) is 10.8. The molecule has 4 nitrogen and oxygen atoms in total. The van der Waals surface area contributed by atoms with Crippen LogP contribution >= 0.6 is 22.9 Å². The highest BCUT2D eigenvalue weighted by Crippen LogP contribution is 2.11. The molecular formula is C14H13ClN2O2S. The maximum absolute atomic E-state index is 11.9. The lowest BCUT2D eigenvalue weighted by Crippen LogP contribution is -2.29. The zero-order chi connectivity index (χ0) is 14.4. The number of benzene rings is 1. The summed E-state index contributed by atoms with van der Waals surface area (Å²) >= 11 is 7.24. The minimum absolute atomic E-state index is 0.127. The highest BCUT2D eigenvalue weighted by Gasteiger charge is 2.10. The third kappa shape index (κ3) is 3.82. The van der Waals surface area contributed by atoms with Crippen molar-refractivity contribution >= 4 is 34.6 Å². The van der Waals surface area contributed by atoms with Crippen molar-refractivity contribution in [3.05, 3.63) is 57.2 Å². The van der Waals surface area contributed by atoms with Gasteiger partial charge in [-0.3, -0.25) is 4.79 Å². The molecule has 0 unspecified atom stereocenters. The van der Waals surface area contributed by atoms with Gasteiger partial charge in [0.15, 0.2) is 0 Å². The van der Waals surface area contributed by atoms with E-state index in [0.717, 1.165) is 5.56 Å². The minimum atomic E-state index is -0.127. The molecule has 1 heterocycles. The Balaban J connectivity index is 2.05. The van der Waals surface area contributed by atoms with Crippen LogP contribution in [0, 0.1) is 0 Å². The first-order chi connectivity index (χ1) is 9.70. The van der Waals surface area contributed by atoms with Gasteiger partial charge in [0.25, 0.3) is 5.91 Å². The molecule has 20 heavy (non-hydrogen) atoms. The number of nitrogens with one attached hydrogen (secondary N) is 1. The Morgan fingerprint density at radius 1 is 1.35 bits per heavy atom. The van der Waals surface area contributed by atoms with Crippen LogP contribution in [0.2, 0.25) is 5.02 Å². The van der Waals surface area contributed by atoms with E-state index in [9.17, 15) is 4.79 Å². The van der Waals surface area contributed by atoms with Crippen LogP contribution in [0.3, 0.4) is 0 Å². The van der Waals surface area contributed by atoms with E-state index in [-0.39, 0.29) is 12.5 Å². The van der Waals surface area contributed by atoms with Crippen LogP contribution in [0.25, 0.3) is 0 Å². The summed E-state index contributed by atoms with van der Waals surface area (Å²) in [4.78, 5) is 17.4. The quantitative estimate of drug-likeness (QED) is 0.681. The molecule has 0 bridgehead atoms. The first-order valence-electron chi connectivity index (χ1n) is 5.88. The lowest BCUT2D eigenvalue weighted by Gasteiger charge is -2.07. The summed E-state index contributed by atoms with van der Waals surface area (Å²) in [6.07, 6.45) is 0. The molecule has 0 atom stereocenters. The number of amides is 1. The van der Waals surface area contributed by atoms with Gasteiger partial charge >= 0.3 is 0 Å². The molecule has 0 spiro atoms. The van der Waals surface area contributed by atoms with Crippen molar-refractivity contribution in [2.24, 2.45) is 5.16 Å². The highest BCUT2D eigenvalue weighted by atomic mass is 35.5. The van der Waals surface area contributed by atoms with Gasteiger partial charge in [0.2, 0.25) is 0 Å². The Morgan fingerprint density at radius 2 is 2.10 bits per heavy atom. The Kier molecular flexibility index (Phi) is 5.15. The number of carbonyl (C=O) groups is 1. The van der Waals surface area contributed by atoms with E-state index in [1.807, 2.05) is 23.6 Å². The predicted molar refractivity (Wildman–Crippen MR) is 81.7 cm³/mol. The van der Waals surface area contributed by atoms with Crippen molar-refractivity contribution in [2.75, 3.05) is 13.7 Å². The summed E-state index contributed by atoms with van der Waals surface area (Å²) < 4.78 is 0. The number of nitrogens with zero attached hydrogens (tertiary/aromatic N) is 1. The number of oxime groups is 1. The van der Waals surface area contributed by atoms with Crippen LogP contribution in [0.1, 0.15) is 15.2 Å². The second kappa shape index (κ2) is 7.07. The smallest absolute Gasteiger partial charge is 0.261 e. The van der Waals surface area contributed by atoms with E-state index in [4.69, 9.17) is 16.4 Å². The standard InChI is InChI=1S/C14H13ClN2O2S/c1-19-17-12(10-4-6-11(15)7-5-10)9-16-14(18)13-3-2-8-20-13/h2-8H,9H2,1H3,(H,16,18)/b17-12-. The van der Waals surface area contributed by atoms with E-state index in [2.05, 4.69) is 10.5 Å². The van der Waals surface area contributed by atoms with Gasteiger partial charge in [0.05, 0.1) is 11.4 Å². The third-order valence-corrected chi connectivity index (χ3v) is 3.66.